The Bertz CT molecular complexity index is 129. The van der Waals surface area contributed by atoms with E-state index in [0.717, 1.165) is 19.3 Å². The number of hydrogen-bond acceptors (Lipinski definition) is 2. The minimum absolute atomic E-state index is 0.161. The summed E-state index contributed by atoms with van der Waals surface area (Å²) in [5.74, 6) is 0. The van der Waals surface area contributed by atoms with Crippen molar-refractivity contribution in [2.45, 2.75) is 31.8 Å². The molecule has 0 aromatic heterocycles. The van der Waals surface area contributed by atoms with Crippen molar-refractivity contribution in [3.8, 4) is 0 Å². The Balaban J connectivity index is 2.33. The third kappa shape index (κ3) is 1.34. The van der Waals surface area contributed by atoms with Crippen LogP contribution in [0.4, 0.5) is 4.79 Å². The number of amides is 1. The molecular weight excluding hydrogens is 118 g/mol. The quantitative estimate of drug-likeness (QED) is 0.605. The van der Waals surface area contributed by atoms with Crippen molar-refractivity contribution in [3.05, 3.63) is 0 Å². The van der Waals surface area contributed by atoms with Crippen molar-refractivity contribution in [2.24, 2.45) is 5.73 Å². The van der Waals surface area contributed by atoms with Gasteiger partial charge in [0.05, 0.1) is 0 Å². The van der Waals surface area contributed by atoms with Crippen LogP contribution in [0, 0.1) is 0 Å². The molecule has 0 unspecified atom stereocenters. The zero-order valence-corrected chi connectivity index (χ0v) is 5.52. The van der Waals surface area contributed by atoms with Crippen LogP contribution in [-0.4, -0.2) is 11.7 Å². The molecule has 1 aliphatic rings. The van der Waals surface area contributed by atoms with Crippen LogP contribution in [0.3, 0.4) is 0 Å². The van der Waals surface area contributed by atoms with Crippen LogP contribution >= 0.6 is 0 Å². The summed E-state index contributed by atoms with van der Waals surface area (Å²) in [4.78, 5) is 10.2. The van der Waals surface area contributed by atoms with E-state index in [1.807, 2.05) is 6.92 Å². The Morgan fingerprint density at radius 3 is 2.44 bits per heavy atom. The van der Waals surface area contributed by atoms with Gasteiger partial charge in [-0.1, -0.05) is 6.92 Å². The molecule has 3 heteroatoms. The summed E-state index contributed by atoms with van der Waals surface area (Å²) in [5, 5.41) is 0. The largest absolute Gasteiger partial charge is 0.443 e. The molecule has 1 amide bonds. The van der Waals surface area contributed by atoms with Gasteiger partial charge in [-0.05, 0) is 19.3 Å². The van der Waals surface area contributed by atoms with E-state index in [1.54, 1.807) is 0 Å². The number of carbonyl (C=O) groups excluding carboxylic acids is 1. The van der Waals surface area contributed by atoms with Crippen LogP contribution in [0.5, 0.6) is 0 Å². The molecular formula is C6H11NO2. The van der Waals surface area contributed by atoms with E-state index in [9.17, 15) is 4.79 Å². The predicted molar refractivity (Wildman–Crippen MR) is 32.9 cm³/mol. The summed E-state index contributed by atoms with van der Waals surface area (Å²) in [5.41, 5.74) is 4.67. The van der Waals surface area contributed by atoms with Crippen molar-refractivity contribution >= 4 is 6.09 Å². The zero-order chi connectivity index (χ0) is 6.91. The second-order valence-corrected chi connectivity index (χ2v) is 2.46. The third-order valence-corrected chi connectivity index (χ3v) is 1.77. The molecule has 1 fully saturated rings. The first-order valence-electron chi connectivity index (χ1n) is 3.17. The second-order valence-electron chi connectivity index (χ2n) is 2.46. The van der Waals surface area contributed by atoms with Crippen molar-refractivity contribution in [3.63, 3.8) is 0 Å². The SMILES string of the molecule is CCC1(OC(N)=O)CC1. The summed E-state index contributed by atoms with van der Waals surface area (Å²) < 4.78 is 4.84. The van der Waals surface area contributed by atoms with Crippen molar-refractivity contribution in [1.29, 1.82) is 0 Å². The first-order chi connectivity index (χ1) is 4.18. The third-order valence-electron chi connectivity index (χ3n) is 1.77. The van der Waals surface area contributed by atoms with Crippen molar-refractivity contribution in [1.82, 2.24) is 0 Å². The highest BCUT2D eigenvalue weighted by Crippen LogP contribution is 2.42. The van der Waals surface area contributed by atoms with Gasteiger partial charge in [-0.15, -0.1) is 0 Å². The molecule has 0 atom stereocenters. The Hall–Kier alpha value is -0.730. The first kappa shape index (κ1) is 6.39. The summed E-state index contributed by atoms with van der Waals surface area (Å²) in [6, 6.07) is 0. The van der Waals surface area contributed by atoms with E-state index in [4.69, 9.17) is 10.5 Å². The topological polar surface area (TPSA) is 52.3 Å². The summed E-state index contributed by atoms with van der Waals surface area (Å²) in [6.07, 6.45) is 2.20. The number of ether oxygens (including phenoxy) is 1. The summed E-state index contributed by atoms with van der Waals surface area (Å²) in [7, 11) is 0. The highest BCUT2D eigenvalue weighted by Gasteiger charge is 2.44. The van der Waals surface area contributed by atoms with Gasteiger partial charge in [0.1, 0.15) is 5.60 Å². The number of rotatable bonds is 2. The smallest absolute Gasteiger partial charge is 0.405 e. The minimum Gasteiger partial charge on any atom is -0.443 e. The lowest BCUT2D eigenvalue weighted by Crippen LogP contribution is -2.23. The van der Waals surface area contributed by atoms with Crippen molar-refractivity contribution < 1.29 is 9.53 Å². The maximum Gasteiger partial charge on any atom is 0.405 e. The molecule has 0 bridgehead atoms. The molecule has 0 spiro atoms. The standard InChI is InChI=1S/C6H11NO2/c1-2-6(3-4-6)9-5(7)8/h2-4H2,1H3,(H2,7,8). The van der Waals surface area contributed by atoms with Crippen LogP contribution < -0.4 is 5.73 Å². The number of nitrogens with two attached hydrogens (primary N) is 1. The maximum absolute atomic E-state index is 10.2. The fraction of sp³-hybridized carbons (Fsp3) is 0.833. The normalized spacial score (nSPS) is 21.0. The zero-order valence-electron chi connectivity index (χ0n) is 5.52. The Labute approximate surface area is 54.2 Å². The Morgan fingerprint density at radius 2 is 2.33 bits per heavy atom. The van der Waals surface area contributed by atoms with E-state index in [2.05, 4.69) is 0 Å². The van der Waals surface area contributed by atoms with Crippen molar-refractivity contribution in [2.75, 3.05) is 0 Å². The van der Waals surface area contributed by atoms with Gasteiger partial charge in [0.15, 0.2) is 0 Å². The molecule has 0 radical (unpaired) electrons. The van der Waals surface area contributed by atoms with Crippen LogP contribution in [0.25, 0.3) is 0 Å². The summed E-state index contributed by atoms with van der Waals surface area (Å²) >= 11 is 0. The van der Waals surface area contributed by atoms with Gasteiger partial charge in [0.2, 0.25) is 0 Å². The Kier molecular flexibility index (Phi) is 1.35. The molecule has 0 saturated heterocycles. The monoisotopic (exact) mass is 129 g/mol. The van der Waals surface area contributed by atoms with Crippen LogP contribution in [0.15, 0.2) is 0 Å². The molecule has 0 aromatic rings. The molecule has 1 aliphatic carbocycles. The van der Waals surface area contributed by atoms with Gasteiger partial charge >= 0.3 is 6.09 Å². The number of primary amides is 1. The lowest BCUT2D eigenvalue weighted by Gasteiger charge is -2.10. The van der Waals surface area contributed by atoms with Crippen LogP contribution in [-0.2, 0) is 4.74 Å². The average molecular weight is 129 g/mol. The van der Waals surface area contributed by atoms with Gasteiger partial charge in [0, 0.05) is 0 Å². The van der Waals surface area contributed by atoms with E-state index >= 15 is 0 Å². The van der Waals surface area contributed by atoms with Gasteiger partial charge in [-0.2, -0.15) is 0 Å². The molecule has 1 rings (SSSR count). The molecule has 0 aromatic carbocycles. The average Bonchev–Trinajstić information content (AvgIpc) is 2.48. The molecule has 52 valence electrons. The van der Waals surface area contributed by atoms with Gasteiger partial charge in [-0.25, -0.2) is 4.79 Å². The molecule has 1 saturated carbocycles. The molecule has 0 aliphatic heterocycles. The molecule has 2 N–H and O–H groups in total. The van der Waals surface area contributed by atoms with Gasteiger partial charge in [-0.3, -0.25) is 0 Å². The van der Waals surface area contributed by atoms with Gasteiger partial charge < -0.3 is 10.5 Å². The highest BCUT2D eigenvalue weighted by atomic mass is 16.6. The molecule has 0 heterocycles. The lowest BCUT2D eigenvalue weighted by molar-refractivity contribution is 0.0885. The van der Waals surface area contributed by atoms with E-state index in [0.29, 0.717) is 0 Å². The van der Waals surface area contributed by atoms with E-state index in [-0.39, 0.29) is 5.60 Å². The summed E-state index contributed by atoms with van der Waals surface area (Å²) in [6.45, 7) is 2.00. The highest BCUT2D eigenvalue weighted by molar-refractivity contribution is 5.65. The Morgan fingerprint density at radius 1 is 1.78 bits per heavy atom. The van der Waals surface area contributed by atoms with E-state index in [1.165, 1.54) is 0 Å². The maximum atomic E-state index is 10.2. The lowest BCUT2D eigenvalue weighted by atomic mass is 10.3. The van der Waals surface area contributed by atoms with Gasteiger partial charge in [0.25, 0.3) is 0 Å². The molecule has 9 heavy (non-hydrogen) atoms. The fourth-order valence-corrected chi connectivity index (χ4v) is 0.881. The van der Waals surface area contributed by atoms with Crippen LogP contribution in [0.1, 0.15) is 26.2 Å². The van der Waals surface area contributed by atoms with E-state index < -0.39 is 6.09 Å². The molecule has 3 nitrogen and oxygen atoms in total. The first-order valence-corrected chi connectivity index (χ1v) is 3.17. The minimum atomic E-state index is -0.644. The van der Waals surface area contributed by atoms with Crippen LogP contribution in [0.2, 0.25) is 0 Å². The predicted octanol–water partition coefficient (Wildman–Crippen LogP) is 1.02. The number of hydrogen-bond donors (Lipinski definition) is 1. The second kappa shape index (κ2) is 1.90. The fourth-order valence-electron chi connectivity index (χ4n) is 0.881. The number of carbonyl (C=O) groups is 1.